The van der Waals surface area contributed by atoms with E-state index in [0.29, 0.717) is 24.3 Å². The molecule has 0 saturated heterocycles. The lowest BCUT2D eigenvalue weighted by Crippen LogP contribution is -2.12. The van der Waals surface area contributed by atoms with Crippen molar-refractivity contribution < 1.29 is 9.90 Å². The number of nitrogen functional groups attached to an aromatic ring is 1. The number of phenolic OH excluding ortho intramolecular Hbond substituents is 1. The standard InChI is InChI=1S/C18H19N3O2/c1-2-3-4-18(23)21-17-10-7-14(11-16(17)19)20-12-13-5-8-15(22)9-6-13/h1,5-11,20,22H,3-4,12,19H2,(H,21,23). The van der Waals surface area contributed by atoms with Crippen LogP contribution in [0.25, 0.3) is 0 Å². The highest BCUT2D eigenvalue weighted by molar-refractivity contribution is 5.94. The number of rotatable bonds is 6. The number of amides is 1. The van der Waals surface area contributed by atoms with Crippen LogP contribution in [-0.2, 0) is 11.3 Å². The van der Waals surface area contributed by atoms with Crippen molar-refractivity contribution in [3.05, 3.63) is 48.0 Å². The van der Waals surface area contributed by atoms with Gasteiger partial charge < -0.3 is 21.5 Å². The Morgan fingerprint density at radius 1 is 1.22 bits per heavy atom. The Kier molecular flexibility index (Phi) is 5.48. The number of phenols is 1. The van der Waals surface area contributed by atoms with Crippen LogP contribution in [0.3, 0.4) is 0 Å². The molecule has 0 fully saturated rings. The highest BCUT2D eigenvalue weighted by Crippen LogP contribution is 2.23. The quantitative estimate of drug-likeness (QED) is 0.488. The van der Waals surface area contributed by atoms with E-state index >= 15 is 0 Å². The van der Waals surface area contributed by atoms with Crippen LogP contribution in [0, 0.1) is 12.3 Å². The van der Waals surface area contributed by atoms with Gasteiger partial charge >= 0.3 is 0 Å². The van der Waals surface area contributed by atoms with Crippen molar-refractivity contribution in [2.75, 3.05) is 16.4 Å². The predicted molar refractivity (Wildman–Crippen MR) is 93.0 cm³/mol. The van der Waals surface area contributed by atoms with Crippen molar-refractivity contribution in [3.63, 3.8) is 0 Å². The summed E-state index contributed by atoms with van der Waals surface area (Å²) in [6, 6.07) is 12.3. The molecule has 0 aliphatic carbocycles. The maximum Gasteiger partial charge on any atom is 0.225 e. The molecule has 0 aliphatic rings. The van der Waals surface area contributed by atoms with Crippen molar-refractivity contribution in [3.8, 4) is 18.1 Å². The van der Waals surface area contributed by atoms with Gasteiger partial charge in [0.05, 0.1) is 11.4 Å². The van der Waals surface area contributed by atoms with Gasteiger partial charge in [0.15, 0.2) is 0 Å². The van der Waals surface area contributed by atoms with Crippen LogP contribution in [0.15, 0.2) is 42.5 Å². The zero-order chi connectivity index (χ0) is 16.7. The van der Waals surface area contributed by atoms with E-state index in [-0.39, 0.29) is 18.1 Å². The van der Waals surface area contributed by atoms with Crippen LogP contribution < -0.4 is 16.4 Å². The third-order valence-corrected chi connectivity index (χ3v) is 3.26. The first-order valence-electron chi connectivity index (χ1n) is 7.23. The SMILES string of the molecule is C#CCCC(=O)Nc1ccc(NCc2ccc(O)cc2)cc1N. The summed E-state index contributed by atoms with van der Waals surface area (Å²) in [5.41, 5.74) is 8.89. The molecule has 0 heterocycles. The monoisotopic (exact) mass is 309 g/mol. The predicted octanol–water partition coefficient (Wildman–Crippen LogP) is 2.94. The molecule has 0 radical (unpaired) electrons. The number of benzene rings is 2. The molecular weight excluding hydrogens is 290 g/mol. The molecule has 0 unspecified atom stereocenters. The molecule has 0 spiro atoms. The second kappa shape index (κ2) is 7.76. The zero-order valence-electron chi connectivity index (χ0n) is 12.7. The molecule has 5 heteroatoms. The van der Waals surface area contributed by atoms with Gasteiger partial charge in [-0.1, -0.05) is 12.1 Å². The van der Waals surface area contributed by atoms with Gasteiger partial charge in [0.2, 0.25) is 5.91 Å². The Morgan fingerprint density at radius 3 is 2.61 bits per heavy atom. The smallest absolute Gasteiger partial charge is 0.225 e. The number of aromatic hydroxyl groups is 1. The molecule has 0 bridgehead atoms. The van der Waals surface area contributed by atoms with Gasteiger partial charge in [-0.05, 0) is 35.9 Å². The maximum absolute atomic E-state index is 11.6. The Morgan fingerprint density at radius 2 is 1.96 bits per heavy atom. The van der Waals surface area contributed by atoms with E-state index in [1.807, 2.05) is 18.2 Å². The topological polar surface area (TPSA) is 87.4 Å². The van der Waals surface area contributed by atoms with E-state index in [1.165, 1.54) is 0 Å². The summed E-state index contributed by atoms with van der Waals surface area (Å²) < 4.78 is 0. The number of nitrogens with two attached hydrogens (primary N) is 1. The molecule has 1 amide bonds. The summed E-state index contributed by atoms with van der Waals surface area (Å²) in [4.78, 5) is 11.6. The van der Waals surface area contributed by atoms with Crippen molar-refractivity contribution in [1.82, 2.24) is 0 Å². The Hall–Kier alpha value is -3.13. The van der Waals surface area contributed by atoms with Crippen molar-refractivity contribution in [2.45, 2.75) is 19.4 Å². The number of carbonyl (C=O) groups is 1. The Labute approximate surface area is 135 Å². The Balaban J connectivity index is 1.94. The second-order valence-corrected chi connectivity index (χ2v) is 5.07. The zero-order valence-corrected chi connectivity index (χ0v) is 12.7. The van der Waals surface area contributed by atoms with Gasteiger partial charge in [-0.3, -0.25) is 4.79 Å². The lowest BCUT2D eigenvalue weighted by molar-refractivity contribution is -0.116. The van der Waals surface area contributed by atoms with E-state index in [9.17, 15) is 9.90 Å². The van der Waals surface area contributed by atoms with Gasteiger partial charge in [-0.25, -0.2) is 0 Å². The summed E-state index contributed by atoms with van der Waals surface area (Å²) in [5.74, 6) is 2.51. The lowest BCUT2D eigenvalue weighted by atomic mass is 10.2. The van der Waals surface area contributed by atoms with Gasteiger partial charge in [-0.15, -0.1) is 12.3 Å². The van der Waals surface area contributed by atoms with E-state index in [0.717, 1.165) is 11.3 Å². The number of nitrogens with one attached hydrogen (secondary N) is 2. The molecule has 0 aliphatic heterocycles. The minimum absolute atomic E-state index is 0.153. The van der Waals surface area contributed by atoms with Crippen LogP contribution in [0.2, 0.25) is 0 Å². The number of anilines is 3. The van der Waals surface area contributed by atoms with Gasteiger partial charge in [0.25, 0.3) is 0 Å². The molecule has 23 heavy (non-hydrogen) atoms. The molecule has 5 N–H and O–H groups in total. The summed E-state index contributed by atoms with van der Waals surface area (Å²) >= 11 is 0. The summed E-state index contributed by atoms with van der Waals surface area (Å²) in [7, 11) is 0. The van der Waals surface area contributed by atoms with Crippen LogP contribution in [0.4, 0.5) is 17.1 Å². The summed E-state index contributed by atoms with van der Waals surface area (Å²) in [6.45, 7) is 0.605. The fourth-order valence-electron chi connectivity index (χ4n) is 2.00. The van der Waals surface area contributed by atoms with Crippen LogP contribution >= 0.6 is 0 Å². The average Bonchev–Trinajstić information content (AvgIpc) is 2.54. The van der Waals surface area contributed by atoms with Crippen LogP contribution in [0.1, 0.15) is 18.4 Å². The average molecular weight is 309 g/mol. The highest BCUT2D eigenvalue weighted by Gasteiger charge is 2.05. The first-order valence-corrected chi connectivity index (χ1v) is 7.23. The molecule has 0 aromatic heterocycles. The van der Waals surface area contributed by atoms with E-state index < -0.39 is 0 Å². The highest BCUT2D eigenvalue weighted by atomic mass is 16.3. The first kappa shape index (κ1) is 16.2. The van der Waals surface area contributed by atoms with Crippen LogP contribution in [0.5, 0.6) is 5.75 Å². The minimum atomic E-state index is -0.153. The van der Waals surface area contributed by atoms with E-state index in [1.54, 1.807) is 24.3 Å². The maximum atomic E-state index is 11.6. The molecular formula is C18H19N3O2. The lowest BCUT2D eigenvalue weighted by Gasteiger charge is -2.11. The van der Waals surface area contributed by atoms with Crippen LogP contribution in [-0.4, -0.2) is 11.0 Å². The number of terminal acetylenes is 1. The van der Waals surface area contributed by atoms with Crippen molar-refractivity contribution in [1.29, 1.82) is 0 Å². The summed E-state index contributed by atoms with van der Waals surface area (Å²) in [6.07, 6.45) is 5.81. The fourth-order valence-corrected chi connectivity index (χ4v) is 2.00. The third-order valence-electron chi connectivity index (χ3n) is 3.26. The summed E-state index contributed by atoms with van der Waals surface area (Å²) in [5, 5.41) is 15.2. The fraction of sp³-hybridized carbons (Fsp3) is 0.167. The third kappa shape index (κ3) is 4.97. The van der Waals surface area contributed by atoms with Crippen molar-refractivity contribution >= 4 is 23.0 Å². The Bertz CT molecular complexity index is 718. The second-order valence-electron chi connectivity index (χ2n) is 5.07. The minimum Gasteiger partial charge on any atom is -0.508 e. The molecule has 5 nitrogen and oxygen atoms in total. The molecule has 2 aromatic carbocycles. The largest absolute Gasteiger partial charge is 0.508 e. The van der Waals surface area contributed by atoms with E-state index in [2.05, 4.69) is 16.6 Å². The molecule has 118 valence electrons. The first-order chi connectivity index (χ1) is 11.1. The van der Waals surface area contributed by atoms with E-state index in [4.69, 9.17) is 12.2 Å². The van der Waals surface area contributed by atoms with Crippen molar-refractivity contribution in [2.24, 2.45) is 0 Å². The number of hydrogen-bond donors (Lipinski definition) is 4. The molecule has 2 aromatic rings. The normalized spacial score (nSPS) is 9.87. The molecule has 2 rings (SSSR count). The number of carbonyl (C=O) groups excluding carboxylic acids is 1. The molecule has 0 saturated carbocycles. The number of hydrogen-bond acceptors (Lipinski definition) is 4. The van der Waals surface area contributed by atoms with Gasteiger partial charge in [-0.2, -0.15) is 0 Å². The molecule has 0 atom stereocenters. The van der Waals surface area contributed by atoms with Gasteiger partial charge in [0, 0.05) is 25.1 Å². The van der Waals surface area contributed by atoms with Gasteiger partial charge in [0.1, 0.15) is 5.75 Å².